The van der Waals surface area contributed by atoms with Crippen LogP contribution in [0, 0.1) is 6.92 Å². The van der Waals surface area contributed by atoms with Crippen LogP contribution in [0.15, 0.2) is 18.2 Å². The van der Waals surface area contributed by atoms with Gasteiger partial charge in [0.2, 0.25) is 5.91 Å². The molecule has 1 aliphatic heterocycles. The Bertz CT molecular complexity index is 517. The van der Waals surface area contributed by atoms with Gasteiger partial charge in [0.25, 0.3) is 0 Å². The first-order valence-corrected chi connectivity index (χ1v) is 7.83. The molecule has 5 nitrogen and oxygen atoms in total. The summed E-state index contributed by atoms with van der Waals surface area (Å²) in [6.45, 7) is 11.8. The van der Waals surface area contributed by atoms with Crippen LogP contribution in [0.4, 0.5) is 11.4 Å². The van der Waals surface area contributed by atoms with Crippen molar-refractivity contribution >= 4 is 17.3 Å². The zero-order valence-corrected chi connectivity index (χ0v) is 14.0. The highest BCUT2D eigenvalue weighted by Gasteiger charge is 2.14. The number of nitrogens with zero attached hydrogens (tertiary/aromatic N) is 1. The average Bonchev–Trinajstić information content (AvgIpc) is 2.48. The number of hydrogen-bond donors (Lipinski definition) is 2. The summed E-state index contributed by atoms with van der Waals surface area (Å²) in [6, 6.07) is 6.21. The molecule has 0 atom stereocenters. The number of amides is 1. The van der Waals surface area contributed by atoms with Crippen LogP contribution in [-0.4, -0.2) is 44.3 Å². The van der Waals surface area contributed by atoms with Gasteiger partial charge in [0.15, 0.2) is 0 Å². The van der Waals surface area contributed by atoms with Crippen LogP contribution in [0.25, 0.3) is 0 Å². The first-order chi connectivity index (χ1) is 10.3. The van der Waals surface area contributed by atoms with E-state index in [1.807, 2.05) is 27.7 Å². The molecule has 2 rings (SSSR count). The lowest BCUT2D eigenvalue weighted by molar-refractivity contribution is -0.115. The largest absolute Gasteiger partial charge is 0.378 e. The van der Waals surface area contributed by atoms with Crippen LogP contribution in [-0.2, 0) is 9.53 Å². The summed E-state index contributed by atoms with van der Waals surface area (Å²) in [5, 5.41) is 6.20. The summed E-state index contributed by atoms with van der Waals surface area (Å²) < 4.78 is 5.38. The third-order valence-electron chi connectivity index (χ3n) is 3.65. The van der Waals surface area contributed by atoms with E-state index in [4.69, 9.17) is 4.74 Å². The Hall–Kier alpha value is -1.59. The topological polar surface area (TPSA) is 53.6 Å². The van der Waals surface area contributed by atoms with Gasteiger partial charge in [0.1, 0.15) is 0 Å². The number of carbonyl (C=O) groups is 1. The van der Waals surface area contributed by atoms with Crippen molar-refractivity contribution in [1.82, 2.24) is 5.32 Å². The third kappa shape index (κ3) is 5.00. The molecule has 1 heterocycles. The number of ether oxygens (including phenoxy) is 1. The second-order valence-electron chi connectivity index (χ2n) is 6.75. The van der Waals surface area contributed by atoms with Gasteiger partial charge >= 0.3 is 0 Å². The molecule has 0 aliphatic carbocycles. The van der Waals surface area contributed by atoms with Crippen molar-refractivity contribution in [2.24, 2.45) is 0 Å². The Labute approximate surface area is 133 Å². The Morgan fingerprint density at radius 1 is 1.27 bits per heavy atom. The van der Waals surface area contributed by atoms with Crippen LogP contribution < -0.4 is 15.5 Å². The molecular weight excluding hydrogens is 278 g/mol. The number of carbonyl (C=O) groups excluding carboxylic acids is 1. The highest BCUT2D eigenvalue weighted by atomic mass is 16.5. The van der Waals surface area contributed by atoms with Crippen molar-refractivity contribution in [3.8, 4) is 0 Å². The molecule has 5 heteroatoms. The van der Waals surface area contributed by atoms with Gasteiger partial charge in [-0.15, -0.1) is 0 Å². The van der Waals surface area contributed by atoms with E-state index in [0.29, 0.717) is 6.54 Å². The molecule has 1 amide bonds. The lowest BCUT2D eigenvalue weighted by atomic mass is 10.1. The van der Waals surface area contributed by atoms with E-state index in [9.17, 15) is 4.79 Å². The standard InChI is InChI=1S/C17H27N3O2/c1-13-5-6-14(20-7-9-22-10-8-20)11-15(13)19-16(21)12-18-17(2,3)4/h5-6,11,18H,7-10,12H2,1-4H3,(H,19,21). The summed E-state index contributed by atoms with van der Waals surface area (Å²) in [5.41, 5.74) is 3.01. The Morgan fingerprint density at radius 3 is 2.59 bits per heavy atom. The van der Waals surface area contributed by atoms with Crippen LogP contribution >= 0.6 is 0 Å². The molecule has 0 unspecified atom stereocenters. The smallest absolute Gasteiger partial charge is 0.238 e. The minimum absolute atomic E-state index is 0.0165. The fraction of sp³-hybridized carbons (Fsp3) is 0.588. The molecule has 1 fully saturated rings. The highest BCUT2D eigenvalue weighted by molar-refractivity contribution is 5.93. The van der Waals surface area contributed by atoms with E-state index in [1.54, 1.807) is 0 Å². The monoisotopic (exact) mass is 305 g/mol. The number of benzene rings is 1. The van der Waals surface area contributed by atoms with Crippen LogP contribution in [0.3, 0.4) is 0 Å². The molecule has 1 aromatic carbocycles. The van der Waals surface area contributed by atoms with Crippen molar-refractivity contribution in [3.63, 3.8) is 0 Å². The number of hydrogen-bond acceptors (Lipinski definition) is 4. The molecule has 1 aliphatic rings. The van der Waals surface area contributed by atoms with Gasteiger partial charge in [-0.05, 0) is 45.4 Å². The van der Waals surface area contributed by atoms with E-state index in [2.05, 4.69) is 33.7 Å². The first kappa shape index (κ1) is 16.8. The minimum Gasteiger partial charge on any atom is -0.378 e. The molecule has 0 spiro atoms. The quantitative estimate of drug-likeness (QED) is 0.895. The number of anilines is 2. The lowest BCUT2D eigenvalue weighted by Gasteiger charge is -2.29. The molecule has 2 N–H and O–H groups in total. The fourth-order valence-corrected chi connectivity index (χ4v) is 2.30. The van der Waals surface area contributed by atoms with Gasteiger partial charge in [-0.1, -0.05) is 6.07 Å². The van der Waals surface area contributed by atoms with Crippen LogP contribution in [0.1, 0.15) is 26.3 Å². The minimum atomic E-state index is -0.0674. The number of morpholine rings is 1. The maximum Gasteiger partial charge on any atom is 0.238 e. The van der Waals surface area contributed by atoms with E-state index < -0.39 is 0 Å². The van der Waals surface area contributed by atoms with Crippen LogP contribution in [0.2, 0.25) is 0 Å². The number of rotatable bonds is 4. The molecule has 22 heavy (non-hydrogen) atoms. The Balaban J connectivity index is 2.02. The second kappa shape index (κ2) is 7.11. The normalized spacial score (nSPS) is 15.7. The van der Waals surface area contributed by atoms with Gasteiger partial charge in [-0.2, -0.15) is 0 Å². The van der Waals surface area contributed by atoms with Gasteiger partial charge in [0, 0.05) is 30.0 Å². The SMILES string of the molecule is Cc1ccc(N2CCOCC2)cc1NC(=O)CNC(C)(C)C. The first-order valence-electron chi connectivity index (χ1n) is 7.83. The molecule has 0 saturated carbocycles. The van der Waals surface area contributed by atoms with Gasteiger partial charge in [0.05, 0.1) is 19.8 Å². The molecule has 122 valence electrons. The summed E-state index contributed by atoms with van der Waals surface area (Å²) in [5.74, 6) is -0.0165. The van der Waals surface area contributed by atoms with Crippen molar-refractivity contribution in [3.05, 3.63) is 23.8 Å². The van der Waals surface area contributed by atoms with Crippen molar-refractivity contribution in [1.29, 1.82) is 0 Å². The lowest BCUT2D eigenvalue weighted by Crippen LogP contribution is -2.41. The molecule has 1 saturated heterocycles. The van der Waals surface area contributed by atoms with Gasteiger partial charge in [-0.3, -0.25) is 4.79 Å². The summed E-state index contributed by atoms with van der Waals surface area (Å²) in [4.78, 5) is 14.4. The predicted molar refractivity (Wildman–Crippen MR) is 90.6 cm³/mol. The summed E-state index contributed by atoms with van der Waals surface area (Å²) in [6.07, 6.45) is 0. The van der Waals surface area contributed by atoms with E-state index in [-0.39, 0.29) is 11.4 Å². The van der Waals surface area contributed by atoms with E-state index in [1.165, 1.54) is 0 Å². The van der Waals surface area contributed by atoms with Crippen molar-refractivity contribution in [2.45, 2.75) is 33.2 Å². The van der Waals surface area contributed by atoms with E-state index in [0.717, 1.165) is 43.2 Å². The predicted octanol–water partition coefficient (Wildman–Crippen LogP) is 2.16. The van der Waals surface area contributed by atoms with Gasteiger partial charge < -0.3 is 20.3 Å². The number of aryl methyl sites for hydroxylation is 1. The zero-order chi connectivity index (χ0) is 16.2. The number of nitrogens with one attached hydrogen (secondary N) is 2. The Kier molecular flexibility index (Phi) is 5.42. The molecular formula is C17H27N3O2. The zero-order valence-electron chi connectivity index (χ0n) is 14.0. The summed E-state index contributed by atoms with van der Waals surface area (Å²) in [7, 11) is 0. The second-order valence-corrected chi connectivity index (χ2v) is 6.75. The molecule has 1 aromatic rings. The molecule has 0 aromatic heterocycles. The van der Waals surface area contributed by atoms with Crippen LogP contribution in [0.5, 0.6) is 0 Å². The maximum atomic E-state index is 12.1. The highest BCUT2D eigenvalue weighted by Crippen LogP contribution is 2.24. The summed E-state index contributed by atoms with van der Waals surface area (Å²) >= 11 is 0. The van der Waals surface area contributed by atoms with Gasteiger partial charge in [-0.25, -0.2) is 0 Å². The third-order valence-corrected chi connectivity index (χ3v) is 3.65. The van der Waals surface area contributed by atoms with Crippen molar-refractivity contribution in [2.75, 3.05) is 43.1 Å². The molecule has 0 radical (unpaired) electrons. The van der Waals surface area contributed by atoms with Crippen molar-refractivity contribution < 1.29 is 9.53 Å². The Morgan fingerprint density at radius 2 is 1.95 bits per heavy atom. The molecule has 0 bridgehead atoms. The average molecular weight is 305 g/mol. The maximum absolute atomic E-state index is 12.1. The fourth-order valence-electron chi connectivity index (χ4n) is 2.30. The van der Waals surface area contributed by atoms with E-state index >= 15 is 0 Å².